The van der Waals surface area contributed by atoms with Crippen molar-refractivity contribution < 1.29 is 23.8 Å². The van der Waals surface area contributed by atoms with Crippen molar-refractivity contribution in [2.24, 2.45) is 0 Å². The molecule has 1 N–H and O–H groups in total. The van der Waals surface area contributed by atoms with Crippen molar-refractivity contribution in [3.63, 3.8) is 0 Å². The van der Waals surface area contributed by atoms with Gasteiger partial charge in [-0.1, -0.05) is 6.07 Å². The second kappa shape index (κ2) is 7.00. The SMILES string of the molecule is Cc1sc(F)c(-c2ccc3c(c2)CCCO3)c1C(OC(C)(C)C)C(=O)O. The molecule has 6 heteroatoms. The second-order valence-electron chi connectivity index (χ2n) is 7.44. The zero-order valence-electron chi connectivity index (χ0n) is 15.4. The van der Waals surface area contributed by atoms with E-state index in [4.69, 9.17) is 9.47 Å². The number of fused-ring (bicyclic) bond motifs is 1. The maximum Gasteiger partial charge on any atom is 0.337 e. The van der Waals surface area contributed by atoms with Gasteiger partial charge in [-0.15, -0.1) is 11.3 Å². The van der Waals surface area contributed by atoms with E-state index in [1.54, 1.807) is 33.8 Å². The summed E-state index contributed by atoms with van der Waals surface area (Å²) in [5.74, 6) is -0.307. The number of hydrogen-bond donors (Lipinski definition) is 1. The largest absolute Gasteiger partial charge is 0.493 e. The van der Waals surface area contributed by atoms with Crippen LogP contribution in [0.1, 0.15) is 49.3 Å². The van der Waals surface area contributed by atoms with Crippen molar-refractivity contribution >= 4 is 17.3 Å². The fraction of sp³-hybridized carbons (Fsp3) is 0.450. The maximum absolute atomic E-state index is 14.8. The number of thiophene rings is 1. The predicted octanol–water partition coefficient (Wildman–Crippen LogP) is 5.13. The molecule has 0 radical (unpaired) electrons. The number of aliphatic carboxylic acids is 1. The summed E-state index contributed by atoms with van der Waals surface area (Å²) in [7, 11) is 0. The summed E-state index contributed by atoms with van der Waals surface area (Å²) in [5, 5.41) is 9.33. The van der Waals surface area contributed by atoms with Gasteiger partial charge in [0.2, 0.25) is 0 Å². The molecule has 2 heterocycles. The number of carbonyl (C=O) groups is 1. The first-order chi connectivity index (χ1) is 12.2. The molecule has 3 rings (SSSR count). The average molecular weight is 378 g/mol. The molecule has 1 atom stereocenters. The van der Waals surface area contributed by atoms with Gasteiger partial charge in [-0.3, -0.25) is 0 Å². The van der Waals surface area contributed by atoms with Crippen LogP contribution in [0, 0.1) is 12.1 Å². The number of ether oxygens (including phenoxy) is 2. The van der Waals surface area contributed by atoms with E-state index in [1.165, 1.54) is 0 Å². The van der Waals surface area contributed by atoms with Gasteiger partial charge in [-0.2, -0.15) is 4.39 Å². The molecular weight excluding hydrogens is 355 g/mol. The van der Waals surface area contributed by atoms with Crippen LogP contribution in [0.15, 0.2) is 18.2 Å². The molecule has 0 bridgehead atoms. The summed E-state index contributed by atoms with van der Waals surface area (Å²) in [6.45, 7) is 7.78. The van der Waals surface area contributed by atoms with Gasteiger partial charge in [-0.05, 0) is 63.8 Å². The highest BCUT2D eigenvalue weighted by Crippen LogP contribution is 2.42. The molecule has 1 aromatic heterocycles. The molecule has 140 valence electrons. The van der Waals surface area contributed by atoms with Gasteiger partial charge in [-0.25, -0.2) is 4.79 Å². The Bertz CT molecular complexity index is 835. The topological polar surface area (TPSA) is 55.8 Å². The van der Waals surface area contributed by atoms with Crippen LogP contribution in [0.2, 0.25) is 0 Å². The fourth-order valence-corrected chi connectivity index (χ4v) is 4.13. The van der Waals surface area contributed by atoms with E-state index in [-0.39, 0.29) is 0 Å². The molecule has 0 amide bonds. The molecule has 1 unspecified atom stereocenters. The predicted molar refractivity (Wildman–Crippen MR) is 99.5 cm³/mol. The number of carboxylic acid groups (broad SMARTS) is 1. The number of halogens is 1. The lowest BCUT2D eigenvalue weighted by molar-refractivity contribution is -0.160. The number of benzene rings is 1. The lowest BCUT2D eigenvalue weighted by atomic mass is 9.95. The molecule has 26 heavy (non-hydrogen) atoms. The van der Waals surface area contributed by atoms with Crippen LogP contribution < -0.4 is 4.74 Å². The summed E-state index contributed by atoms with van der Waals surface area (Å²) in [6, 6.07) is 5.52. The number of hydrogen-bond acceptors (Lipinski definition) is 4. The Hall–Kier alpha value is -1.92. The van der Waals surface area contributed by atoms with Crippen molar-refractivity contribution in [2.75, 3.05) is 6.61 Å². The van der Waals surface area contributed by atoms with Gasteiger partial charge >= 0.3 is 5.97 Å². The molecule has 0 spiro atoms. The third-order valence-corrected chi connectivity index (χ3v) is 5.15. The zero-order valence-corrected chi connectivity index (χ0v) is 16.2. The van der Waals surface area contributed by atoms with E-state index >= 15 is 0 Å². The first-order valence-electron chi connectivity index (χ1n) is 8.63. The third-order valence-electron chi connectivity index (χ3n) is 4.24. The standard InChI is InChI=1S/C20H23FO4S/c1-11-15(17(19(22)23)25-20(2,3)4)16(18(21)26-11)13-7-8-14-12(10-13)6-5-9-24-14/h7-8,10,17H,5-6,9H2,1-4H3,(H,22,23). The van der Waals surface area contributed by atoms with Gasteiger partial charge in [0.1, 0.15) is 5.75 Å². The van der Waals surface area contributed by atoms with Crippen LogP contribution in [0.4, 0.5) is 4.39 Å². The molecule has 1 aromatic carbocycles. The Labute approximate surface area is 156 Å². The molecular formula is C20H23FO4S. The fourth-order valence-electron chi connectivity index (χ4n) is 3.21. The second-order valence-corrected chi connectivity index (χ2v) is 8.62. The summed E-state index contributed by atoms with van der Waals surface area (Å²) in [5.41, 5.74) is 1.72. The van der Waals surface area contributed by atoms with Crippen molar-refractivity contribution in [1.82, 2.24) is 0 Å². The number of carboxylic acids is 1. The van der Waals surface area contributed by atoms with Gasteiger partial charge in [0.15, 0.2) is 11.2 Å². The summed E-state index contributed by atoms with van der Waals surface area (Å²) < 4.78 is 26.2. The third kappa shape index (κ3) is 3.76. The normalized spacial score (nSPS) is 15.3. The molecule has 4 nitrogen and oxygen atoms in total. The highest BCUT2D eigenvalue weighted by molar-refractivity contribution is 7.10. The Balaban J connectivity index is 2.12. The average Bonchev–Trinajstić information content (AvgIpc) is 2.85. The molecule has 0 saturated heterocycles. The molecule has 0 saturated carbocycles. The Morgan fingerprint density at radius 2 is 2.12 bits per heavy atom. The first kappa shape index (κ1) is 18.9. The Morgan fingerprint density at radius 3 is 2.77 bits per heavy atom. The van der Waals surface area contributed by atoms with Crippen LogP contribution >= 0.6 is 11.3 Å². The Kier molecular flexibility index (Phi) is 5.08. The minimum atomic E-state index is -1.22. The highest BCUT2D eigenvalue weighted by atomic mass is 32.1. The van der Waals surface area contributed by atoms with Crippen LogP contribution in [-0.2, 0) is 16.0 Å². The number of rotatable bonds is 4. The minimum absolute atomic E-state index is 0.317. The van der Waals surface area contributed by atoms with Gasteiger partial charge in [0, 0.05) is 16.0 Å². The van der Waals surface area contributed by atoms with Crippen molar-refractivity contribution in [2.45, 2.75) is 52.2 Å². The summed E-state index contributed by atoms with van der Waals surface area (Å²) in [4.78, 5) is 12.5. The Morgan fingerprint density at radius 1 is 1.38 bits per heavy atom. The highest BCUT2D eigenvalue weighted by Gasteiger charge is 2.33. The maximum atomic E-state index is 14.8. The van der Waals surface area contributed by atoms with Crippen LogP contribution in [0.25, 0.3) is 11.1 Å². The molecule has 2 aromatic rings. The van der Waals surface area contributed by atoms with E-state index in [1.807, 2.05) is 12.1 Å². The lowest BCUT2D eigenvalue weighted by Gasteiger charge is -2.26. The van der Waals surface area contributed by atoms with Gasteiger partial charge < -0.3 is 14.6 Å². The van der Waals surface area contributed by atoms with Crippen molar-refractivity contribution in [3.8, 4) is 16.9 Å². The molecule has 0 fully saturated rings. The van der Waals surface area contributed by atoms with Gasteiger partial charge in [0.05, 0.1) is 12.2 Å². The summed E-state index contributed by atoms with van der Waals surface area (Å²) in [6.07, 6.45) is 0.557. The van der Waals surface area contributed by atoms with E-state index in [2.05, 4.69) is 0 Å². The van der Waals surface area contributed by atoms with Gasteiger partial charge in [0.25, 0.3) is 0 Å². The quantitative estimate of drug-likeness (QED) is 0.801. The summed E-state index contributed by atoms with van der Waals surface area (Å²) >= 11 is 0.959. The van der Waals surface area contributed by atoms with E-state index in [0.717, 1.165) is 35.5 Å². The van der Waals surface area contributed by atoms with Crippen molar-refractivity contribution in [3.05, 3.63) is 39.3 Å². The zero-order chi connectivity index (χ0) is 19.1. The van der Waals surface area contributed by atoms with E-state index in [0.29, 0.717) is 28.2 Å². The molecule has 1 aliphatic rings. The van der Waals surface area contributed by atoms with Crippen LogP contribution in [0.3, 0.4) is 0 Å². The van der Waals surface area contributed by atoms with E-state index < -0.39 is 22.8 Å². The van der Waals surface area contributed by atoms with Crippen molar-refractivity contribution in [1.29, 1.82) is 0 Å². The monoisotopic (exact) mass is 378 g/mol. The van der Waals surface area contributed by atoms with Crippen LogP contribution in [0.5, 0.6) is 5.75 Å². The molecule has 1 aliphatic heterocycles. The van der Waals surface area contributed by atoms with E-state index in [9.17, 15) is 14.3 Å². The smallest absolute Gasteiger partial charge is 0.337 e. The number of aryl methyl sites for hydroxylation is 2. The lowest BCUT2D eigenvalue weighted by Crippen LogP contribution is -2.27. The minimum Gasteiger partial charge on any atom is -0.493 e. The van der Waals surface area contributed by atoms with Crippen LogP contribution in [-0.4, -0.2) is 23.3 Å². The first-order valence-corrected chi connectivity index (χ1v) is 9.44. The molecule has 0 aliphatic carbocycles.